The lowest BCUT2D eigenvalue weighted by Crippen LogP contribution is -2.48. The molecule has 1 saturated heterocycles. The maximum Gasteiger partial charge on any atom is 0.256 e. The first-order valence-corrected chi connectivity index (χ1v) is 12.6. The van der Waals surface area contributed by atoms with Gasteiger partial charge in [0, 0.05) is 49.5 Å². The van der Waals surface area contributed by atoms with Gasteiger partial charge in [0.25, 0.3) is 5.91 Å². The summed E-state index contributed by atoms with van der Waals surface area (Å²) in [6, 6.07) is 21.7. The summed E-state index contributed by atoms with van der Waals surface area (Å²) in [5, 5.41) is 3.04. The number of carbonyl (C=O) groups is 2. The Balaban J connectivity index is 1.49. The summed E-state index contributed by atoms with van der Waals surface area (Å²) in [6.45, 7) is 9.31. The van der Waals surface area contributed by atoms with Crippen LogP contribution in [-0.2, 0) is 4.79 Å². The highest BCUT2D eigenvalue weighted by Gasteiger charge is 2.21. The van der Waals surface area contributed by atoms with E-state index < -0.39 is 0 Å². The minimum Gasteiger partial charge on any atom is -0.496 e. The predicted molar refractivity (Wildman–Crippen MR) is 146 cm³/mol. The molecule has 1 fully saturated rings. The average molecular weight is 486 g/mol. The quantitative estimate of drug-likeness (QED) is 0.460. The van der Waals surface area contributed by atoms with E-state index >= 15 is 0 Å². The number of rotatable bonds is 7. The Morgan fingerprint density at radius 1 is 0.917 bits per heavy atom. The first kappa shape index (κ1) is 25.3. The number of nitrogens with zero attached hydrogens (tertiary/aromatic N) is 2. The SMILES string of the molecule is CCC(=O)N1CCN(c2ccc(NC(=O)c3cccc(OC)c3-c3ccc(C(C)C)cc3)cc2)CC1. The minimum atomic E-state index is -0.184. The lowest BCUT2D eigenvalue weighted by molar-refractivity contribution is -0.131. The van der Waals surface area contributed by atoms with Crippen LogP contribution in [-0.4, -0.2) is 50.0 Å². The van der Waals surface area contributed by atoms with Crippen LogP contribution in [0.2, 0.25) is 0 Å². The van der Waals surface area contributed by atoms with E-state index in [9.17, 15) is 9.59 Å². The second-order valence-electron chi connectivity index (χ2n) is 9.38. The van der Waals surface area contributed by atoms with Crippen LogP contribution < -0.4 is 15.0 Å². The molecule has 0 radical (unpaired) electrons. The second kappa shape index (κ2) is 11.3. The van der Waals surface area contributed by atoms with E-state index in [1.807, 2.05) is 66.4 Å². The summed E-state index contributed by atoms with van der Waals surface area (Å²) in [5.41, 5.74) is 5.35. The summed E-state index contributed by atoms with van der Waals surface area (Å²) in [4.78, 5) is 29.5. The first-order chi connectivity index (χ1) is 17.4. The second-order valence-corrected chi connectivity index (χ2v) is 9.38. The number of amides is 2. The Morgan fingerprint density at radius 2 is 1.58 bits per heavy atom. The number of ether oxygens (including phenoxy) is 1. The van der Waals surface area contributed by atoms with Gasteiger partial charge in [0.05, 0.1) is 12.7 Å². The van der Waals surface area contributed by atoms with Gasteiger partial charge in [-0.15, -0.1) is 0 Å². The van der Waals surface area contributed by atoms with E-state index in [1.54, 1.807) is 7.11 Å². The summed E-state index contributed by atoms with van der Waals surface area (Å²) < 4.78 is 5.62. The highest BCUT2D eigenvalue weighted by Crippen LogP contribution is 2.35. The molecule has 0 spiro atoms. The molecule has 0 saturated carbocycles. The van der Waals surface area contributed by atoms with Crippen molar-refractivity contribution in [2.24, 2.45) is 0 Å². The first-order valence-electron chi connectivity index (χ1n) is 12.6. The van der Waals surface area contributed by atoms with Gasteiger partial charge in [0.2, 0.25) is 5.91 Å². The normalized spacial score (nSPS) is 13.6. The fourth-order valence-corrected chi connectivity index (χ4v) is 4.61. The van der Waals surface area contributed by atoms with E-state index in [0.29, 0.717) is 23.7 Å². The van der Waals surface area contributed by atoms with Gasteiger partial charge in [-0.2, -0.15) is 0 Å². The Morgan fingerprint density at radius 3 is 2.17 bits per heavy atom. The molecule has 2 amide bonds. The maximum absolute atomic E-state index is 13.4. The van der Waals surface area contributed by atoms with Gasteiger partial charge in [-0.25, -0.2) is 0 Å². The van der Waals surface area contributed by atoms with Crippen molar-refractivity contribution in [1.82, 2.24) is 4.90 Å². The molecule has 0 atom stereocenters. The van der Waals surface area contributed by atoms with Gasteiger partial charge in [-0.05, 0) is 53.4 Å². The van der Waals surface area contributed by atoms with Crippen molar-refractivity contribution in [3.63, 3.8) is 0 Å². The number of piperazine rings is 1. The zero-order valence-electron chi connectivity index (χ0n) is 21.6. The molecule has 36 heavy (non-hydrogen) atoms. The lowest BCUT2D eigenvalue weighted by atomic mass is 9.95. The van der Waals surface area contributed by atoms with Gasteiger partial charge < -0.3 is 19.9 Å². The van der Waals surface area contributed by atoms with Crippen LogP contribution in [0.4, 0.5) is 11.4 Å². The Kier molecular flexibility index (Phi) is 7.93. The van der Waals surface area contributed by atoms with Gasteiger partial charge >= 0.3 is 0 Å². The van der Waals surface area contributed by atoms with E-state index in [2.05, 4.69) is 36.2 Å². The van der Waals surface area contributed by atoms with Crippen molar-refractivity contribution in [1.29, 1.82) is 0 Å². The van der Waals surface area contributed by atoms with Crippen LogP contribution >= 0.6 is 0 Å². The predicted octanol–water partition coefficient (Wildman–Crippen LogP) is 5.80. The summed E-state index contributed by atoms with van der Waals surface area (Å²) >= 11 is 0. The van der Waals surface area contributed by atoms with E-state index in [-0.39, 0.29) is 11.8 Å². The number of hydrogen-bond donors (Lipinski definition) is 1. The zero-order chi connectivity index (χ0) is 25.7. The number of hydrogen-bond acceptors (Lipinski definition) is 4. The summed E-state index contributed by atoms with van der Waals surface area (Å²) in [5.74, 6) is 1.12. The largest absolute Gasteiger partial charge is 0.496 e. The Labute approximate surface area is 213 Å². The molecule has 1 N–H and O–H groups in total. The molecule has 6 heteroatoms. The van der Waals surface area contributed by atoms with Crippen LogP contribution in [0.3, 0.4) is 0 Å². The van der Waals surface area contributed by atoms with Gasteiger partial charge in [-0.3, -0.25) is 9.59 Å². The zero-order valence-corrected chi connectivity index (χ0v) is 21.6. The van der Waals surface area contributed by atoms with Gasteiger partial charge in [0.15, 0.2) is 0 Å². The highest BCUT2D eigenvalue weighted by molar-refractivity contribution is 6.09. The molecule has 4 rings (SSSR count). The standard InChI is InChI=1S/C30H35N3O3/c1-5-28(34)33-19-17-32(18-20-33)25-15-13-24(14-16-25)31-30(35)26-7-6-8-27(36-4)29(26)23-11-9-22(10-12-23)21(2)3/h6-16,21H,5,17-20H2,1-4H3,(H,31,35). The fourth-order valence-electron chi connectivity index (χ4n) is 4.61. The molecule has 0 unspecified atom stereocenters. The van der Waals surface area contributed by atoms with Crippen molar-refractivity contribution in [2.75, 3.05) is 43.5 Å². The molecular weight excluding hydrogens is 450 g/mol. The van der Waals surface area contributed by atoms with Crippen LogP contribution in [0, 0.1) is 0 Å². The van der Waals surface area contributed by atoms with E-state index in [1.165, 1.54) is 5.56 Å². The molecule has 0 aromatic heterocycles. The number of nitrogens with one attached hydrogen (secondary N) is 1. The molecule has 3 aromatic carbocycles. The molecule has 1 aliphatic heterocycles. The molecule has 0 bridgehead atoms. The molecule has 1 heterocycles. The molecule has 3 aromatic rings. The van der Waals surface area contributed by atoms with Crippen LogP contribution in [0.25, 0.3) is 11.1 Å². The van der Waals surface area contributed by atoms with Crippen molar-refractivity contribution >= 4 is 23.2 Å². The number of anilines is 2. The van der Waals surface area contributed by atoms with Crippen molar-refractivity contribution < 1.29 is 14.3 Å². The number of methoxy groups -OCH3 is 1. The summed E-state index contributed by atoms with van der Waals surface area (Å²) in [6.07, 6.45) is 0.548. The minimum absolute atomic E-state index is 0.184. The monoisotopic (exact) mass is 485 g/mol. The van der Waals surface area contributed by atoms with Crippen molar-refractivity contribution in [3.05, 3.63) is 77.9 Å². The van der Waals surface area contributed by atoms with E-state index in [4.69, 9.17) is 4.74 Å². The third-order valence-electron chi connectivity index (χ3n) is 6.78. The Bertz CT molecular complexity index is 1200. The summed E-state index contributed by atoms with van der Waals surface area (Å²) in [7, 11) is 1.62. The van der Waals surface area contributed by atoms with Crippen molar-refractivity contribution in [2.45, 2.75) is 33.1 Å². The Hall–Kier alpha value is -3.80. The van der Waals surface area contributed by atoms with Gasteiger partial charge in [0.1, 0.15) is 5.75 Å². The fraction of sp³-hybridized carbons (Fsp3) is 0.333. The molecular formula is C30H35N3O3. The average Bonchev–Trinajstić information content (AvgIpc) is 2.92. The lowest BCUT2D eigenvalue weighted by Gasteiger charge is -2.36. The van der Waals surface area contributed by atoms with Crippen molar-refractivity contribution in [3.8, 4) is 16.9 Å². The smallest absolute Gasteiger partial charge is 0.256 e. The molecule has 1 aliphatic rings. The van der Waals surface area contributed by atoms with Crippen LogP contribution in [0.5, 0.6) is 5.75 Å². The number of benzene rings is 3. The van der Waals surface area contributed by atoms with E-state index in [0.717, 1.165) is 48.7 Å². The highest BCUT2D eigenvalue weighted by atomic mass is 16.5. The van der Waals surface area contributed by atoms with Crippen LogP contribution in [0.1, 0.15) is 49.0 Å². The molecule has 0 aliphatic carbocycles. The topological polar surface area (TPSA) is 61.9 Å². The van der Waals surface area contributed by atoms with Gasteiger partial charge in [-0.1, -0.05) is 51.1 Å². The third kappa shape index (κ3) is 5.54. The van der Waals surface area contributed by atoms with Crippen LogP contribution in [0.15, 0.2) is 66.7 Å². The molecule has 188 valence electrons. The molecule has 6 nitrogen and oxygen atoms in total. The number of carbonyl (C=O) groups excluding carboxylic acids is 2. The maximum atomic E-state index is 13.4. The third-order valence-corrected chi connectivity index (χ3v) is 6.78.